The minimum absolute atomic E-state index is 0. The number of hydrogen-bond acceptors (Lipinski definition) is 9. The number of allylic oxidation sites excluding steroid dienone is 2. The molecule has 192 valence electrons. The second-order valence-corrected chi connectivity index (χ2v) is 10.5. The summed E-state index contributed by atoms with van der Waals surface area (Å²) in [6, 6.07) is 9.62. The van der Waals surface area contributed by atoms with Crippen molar-refractivity contribution in [2.75, 3.05) is 5.01 Å². The Hall–Kier alpha value is -0.837. The number of aromatic amines is 1. The largest absolute Gasteiger partial charge is 1.00 e. The number of nitrogens with zero attached hydrogens (tertiary/aromatic N) is 3. The Kier molecular flexibility index (Phi) is 12.2. The number of aromatic nitrogens is 2. The molecule has 1 N–H and O–H groups in total. The van der Waals surface area contributed by atoms with E-state index in [1.165, 1.54) is 53.4 Å². The van der Waals surface area contributed by atoms with E-state index in [1.807, 2.05) is 6.92 Å². The Bertz CT molecular complexity index is 1740. The number of aryl methyl sites for hydroxylation is 1. The molecule has 0 spiro atoms. The van der Waals surface area contributed by atoms with Crippen LogP contribution in [0.15, 0.2) is 85.9 Å². The maximum atomic E-state index is 13.0. The molecule has 0 bridgehead atoms. The van der Waals surface area contributed by atoms with E-state index in [0.717, 1.165) is 29.3 Å². The van der Waals surface area contributed by atoms with Crippen LogP contribution in [-0.4, -0.2) is 47.8 Å². The molecule has 0 radical (unpaired) electrons. The summed E-state index contributed by atoms with van der Waals surface area (Å²) in [6.45, 7) is 1.83. The molecule has 1 aliphatic rings. The molecular weight excluding hydrogens is 603 g/mol. The molecule has 2 aromatic carbocycles. The van der Waals surface area contributed by atoms with Crippen LogP contribution in [0.2, 0.25) is 0 Å². The predicted molar refractivity (Wildman–Crippen MR) is 131 cm³/mol. The molecule has 3 aromatic rings. The number of carbonyl (C=O) groups is 1. The van der Waals surface area contributed by atoms with Gasteiger partial charge in [0.1, 0.15) is 20.2 Å². The quantitative estimate of drug-likeness (QED) is 0.156. The zero-order valence-electron chi connectivity index (χ0n) is 21.1. The van der Waals surface area contributed by atoms with Crippen molar-refractivity contribution in [1.82, 2.24) is 9.78 Å². The Labute approximate surface area is 309 Å². The molecule has 16 heteroatoms. The van der Waals surface area contributed by atoms with E-state index in [4.69, 9.17) is 0 Å². The third-order valence-corrected chi connectivity index (χ3v) is 7.10. The van der Waals surface area contributed by atoms with Crippen LogP contribution in [0.3, 0.4) is 0 Å². The summed E-state index contributed by atoms with van der Waals surface area (Å²) in [5.74, 6) is -0.502. The van der Waals surface area contributed by atoms with Crippen molar-refractivity contribution in [3.8, 4) is 5.69 Å². The number of hydrogen-bond donors (Lipinski definition) is 1. The van der Waals surface area contributed by atoms with Crippen molar-refractivity contribution in [3.63, 3.8) is 0 Å². The third kappa shape index (κ3) is 7.92. The maximum absolute atomic E-state index is 13.0. The molecule has 39 heavy (non-hydrogen) atoms. The molecule has 0 saturated heterocycles. The van der Waals surface area contributed by atoms with Gasteiger partial charge in [0.15, 0.2) is 0 Å². The first kappa shape index (κ1) is 34.4. The van der Waals surface area contributed by atoms with E-state index in [0.29, 0.717) is 23.4 Å². The zero-order chi connectivity index (χ0) is 27.0. The van der Waals surface area contributed by atoms with Crippen molar-refractivity contribution in [1.29, 1.82) is 0 Å². The van der Waals surface area contributed by atoms with Gasteiger partial charge in [-0.25, -0.2) is 21.5 Å². The van der Waals surface area contributed by atoms with Crippen molar-refractivity contribution in [2.45, 2.75) is 23.1 Å². The van der Waals surface area contributed by atoms with Crippen molar-refractivity contribution in [3.05, 3.63) is 87.9 Å². The summed E-state index contributed by atoms with van der Waals surface area (Å²) in [7, 11) is -9.24. The second kappa shape index (κ2) is 13.9. The Morgan fingerprint density at radius 3 is 1.87 bits per heavy atom. The molecule has 4 rings (SSSR count). The molecule has 2 heterocycles. The van der Waals surface area contributed by atoms with E-state index in [9.17, 15) is 35.5 Å². The van der Waals surface area contributed by atoms with Crippen LogP contribution in [0, 0.1) is 0 Å². The number of benzene rings is 2. The van der Waals surface area contributed by atoms with E-state index in [2.05, 4.69) is 10.2 Å². The van der Waals surface area contributed by atoms with Gasteiger partial charge in [0.2, 0.25) is 0 Å². The van der Waals surface area contributed by atoms with E-state index in [1.54, 1.807) is 0 Å². The predicted octanol–water partition coefficient (Wildman–Crippen LogP) is -4.48. The fourth-order valence-electron chi connectivity index (χ4n) is 3.53. The minimum Gasteiger partial charge on any atom is -0.744 e. The maximum Gasteiger partial charge on any atom is 1.00 e. The first-order chi connectivity index (χ1) is 17.4. The van der Waals surface area contributed by atoms with Gasteiger partial charge < -0.3 is 9.11 Å². The second-order valence-electron chi connectivity index (χ2n) is 7.74. The van der Waals surface area contributed by atoms with Gasteiger partial charge in [-0.2, -0.15) is 10.1 Å². The normalized spacial score (nSPS) is 14.6. The van der Waals surface area contributed by atoms with E-state index < -0.39 is 41.5 Å². The van der Waals surface area contributed by atoms with Crippen molar-refractivity contribution >= 4 is 44.1 Å². The van der Waals surface area contributed by atoms with E-state index >= 15 is 0 Å². The number of hydrazone groups is 1. The Balaban J connectivity index is 0.00000267. The molecule has 0 fully saturated rings. The van der Waals surface area contributed by atoms with Crippen LogP contribution in [0.4, 0.5) is 5.69 Å². The summed E-state index contributed by atoms with van der Waals surface area (Å²) < 4.78 is 67.9. The van der Waals surface area contributed by atoms with Crippen LogP contribution in [0.5, 0.6) is 0 Å². The summed E-state index contributed by atoms with van der Waals surface area (Å²) in [5.41, 5.74) is 1.26. The number of nitrogens with one attached hydrogen (secondary N) is 1. The van der Waals surface area contributed by atoms with Gasteiger partial charge in [-0.3, -0.25) is 14.7 Å². The molecule has 1 aliphatic heterocycles. The van der Waals surface area contributed by atoms with Crippen LogP contribution in [0.25, 0.3) is 11.8 Å². The molecule has 0 unspecified atom stereocenters. The fourth-order valence-corrected chi connectivity index (χ4v) is 4.47. The van der Waals surface area contributed by atoms with Crippen LogP contribution >= 0.6 is 0 Å². The number of anilines is 1. The molecule has 12 nitrogen and oxygen atoms in total. The zero-order valence-corrected chi connectivity index (χ0v) is 28.9. The van der Waals surface area contributed by atoms with Gasteiger partial charge in [0, 0.05) is 5.69 Å². The van der Waals surface area contributed by atoms with Gasteiger partial charge in [-0.1, -0.05) is 13.0 Å². The SMILES string of the molecule is CCc1[nH]n(-c2ccc(S(=O)(=O)[O-])cc2)c(=O)c1/C=C/C=C1\C=NN(c2ccc(S(=O)(=O)[O-])cc2)C1=O.[K+].[K+]. The summed E-state index contributed by atoms with van der Waals surface area (Å²) >= 11 is 0. The van der Waals surface area contributed by atoms with Crippen LogP contribution in [0.1, 0.15) is 18.2 Å². The molecule has 0 atom stereocenters. The van der Waals surface area contributed by atoms with Gasteiger partial charge >= 0.3 is 103 Å². The van der Waals surface area contributed by atoms with Crippen LogP contribution in [-0.2, 0) is 31.5 Å². The topological polar surface area (TPSA) is 185 Å². The number of carbonyl (C=O) groups excluding carboxylic acids is 1. The van der Waals surface area contributed by atoms with E-state index in [-0.39, 0.29) is 114 Å². The van der Waals surface area contributed by atoms with Gasteiger partial charge in [-0.05, 0) is 67.1 Å². The summed E-state index contributed by atoms with van der Waals surface area (Å²) in [6.07, 6.45) is 6.22. The molecule has 0 saturated carbocycles. The Morgan fingerprint density at radius 2 is 1.38 bits per heavy atom. The third-order valence-electron chi connectivity index (χ3n) is 5.40. The summed E-state index contributed by atoms with van der Waals surface area (Å²) in [5, 5.41) is 7.98. The minimum atomic E-state index is -4.62. The summed E-state index contributed by atoms with van der Waals surface area (Å²) in [4.78, 5) is 24.8. The number of rotatable bonds is 7. The Morgan fingerprint density at radius 1 is 0.872 bits per heavy atom. The van der Waals surface area contributed by atoms with Gasteiger partial charge in [0.05, 0.1) is 38.5 Å². The number of amides is 1. The monoisotopic (exact) mass is 620 g/mol. The van der Waals surface area contributed by atoms with Crippen LogP contribution < -0.4 is 113 Å². The van der Waals surface area contributed by atoms with Gasteiger partial charge in [-0.15, -0.1) is 0 Å². The van der Waals surface area contributed by atoms with Crippen molar-refractivity contribution in [2.24, 2.45) is 5.10 Å². The molecule has 1 aromatic heterocycles. The average Bonchev–Trinajstić information content (AvgIpc) is 3.37. The first-order valence-corrected chi connectivity index (χ1v) is 13.4. The standard InChI is InChI=1S/C23H20N4O8S2.2K/c1-2-21-20(23(29)27(25-21)17-8-12-19(13-9-17)37(33,34)35)5-3-4-15-14-24-26(22(15)28)16-6-10-18(11-7-16)36(30,31)32;;/h3-14,25H,2H2,1H3,(H,30,31,32)(H,33,34,35);;/q;2*+1/p-2/b5-3+,15-4+;;. The van der Waals surface area contributed by atoms with Gasteiger partial charge in [0.25, 0.3) is 11.5 Å². The first-order valence-electron chi connectivity index (χ1n) is 10.6. The molecular formula is C23H18K2N4O8S2. The molecule has 0 aliphatic carbocycles. The molecule has 1 amide bonds. The smallest absolute Gasteiger partial charge is 0.744 e. The number of H-pyrrole nitrogens is 1. The van der Waals surface area contributed by atoms with Crippen molar-refractivity contribution < 1.29 is 134 Å². The average molecular weight is 621 g/mol. The fraction of sp³-hybridized carbons (Fsp3) is 0.0870.